The minimum absolute atomic E-state index is 0.0155. The molecule has 0 saturated heterocycles. The Labute approximate surface area is 144 Å². The lowest BCUT2D eigenvalue weighted by atomic mass is 10.1. The van der Waals surface area contributed by atoms with E-state index in [4.69, 9.17) is 4.74 Å². The van der Waals surface area contributed by atoms with Crippen LogP contribution in [0.2, 0.25) is 0 Å². The summed E-state index contributed by atoms with van der Waals surface area (Å²) < 4.78 is 5.98. The van der Waals surface area contributed by atoms with E-state index in [0.717, 1.165) is 37.2 Å². The monoisotopic (exact) mass is 332 g/mol. The number of Topliss-reactive ketones (excluding diaryl/α,β-unsaturated/α-hetero) is 1. The lowest BCUT2D eigenvalue weighted by Gasteiger charge is -2.36. The zero-order chi connectivity index (χ0) is 17.7. The number of benzene rings is 1. The number of nitrogens with zero attached hydrogens (tertiary/aromatic N) is 2. The van der Waals surface area contributed by atoms with Crippen molar-refractivity contribution in [3.05, 3.63) is 23.8 Å². The van der Waals surface area contributed by atoms with Crippen molar-refractivity contribution in [2.75, 3.05) is 31.6 Å². The Balaban J connectivity index is 2.21. The first-order valence-electron chi connectivity index (χ1n) is 8.76. The Morgan fingerprint density at radius 2 is 2.08 bits per heavy atom. The molecule has 24 heavy (non-hydrogen) atoms. The van der Waals surface area contributed by atoms with Crippen molar-refractivity contribution in [2.24, 2.45) is 0 Å². The molecule has 1 aliphatic rings. The molecule has 132 valence electrons. The van der Waals surface area contributed by atoms with Crippen LogP contribution in [0.4, 0.5) is 5.69 Å². The number of fused-ring (bicyclic) bond motifs is 1. The van der Waals surface area contributed by atoms with Crippen molar-refractivity contribution in [1.29, 1.82) is 0 Å². The normalized spacial score (nSPS) is 16.3. The third-order valence-electron chi connectivity index (χ3n) is 4.48. The van der Waals surface area contributed by atoms with Gasteiger partial charge < -0.3 is 14.5 Å². The lowest BCUT2D eigenvalue weighted by molar-refractivity contribution is -0.128. The minimum Gasteiger partial charge on any atom is -0.486 e. The van der Waals surface area contributed by atoms with Crippen LogP contribution in [0.1, 0.15) is 50.4 Å². The van der Waals surface area contributed by atoms with Crippen molar-refractivity contribution in [2.45, 2.75) is 46.1 Å². The first kappa shape index (κ1) is 18.3. The molecule has 1 amide bonds. The van der Waals surface area contributed by atoms with Crippen molar-refractivity contribution in [3.63, 3.8) is 0 Å². The molecular weight excluding hydrogens is 304 g/mol. The molecule has 1 aliphatic heterocycles. The number of ketones is 1. The van der Waals surface area contributed by atoms with Crippen molar-refractivity contribution in [3.8, 4) is 5.75 Å². The van der Waals surface area contributed by atoms with Gasteiger partial charge in [-0.05, 0) is 38.0 Å². The van der Waals surface area contributed by atoms with Gasteiger partial charge in [0.25, 0.3) is 0 Å². The van der Waals surface area contributed by atoms with E-state index in [-0.39, 0.29) is 17.8 Å². The third kappa shape index (κ3) is 4.28. The fourth-order valence-corrected chi connectivity index (χ4v) is 2.81. The van der Waals surface area contributed by atoms with Crippen LogP contribution in [0.25, 0.3) is 0 Å². The molecule has 1 aromatic carbocycles. The molecule has 0 N–H and O–H groups in total. The smallest absolute Gasteiger partial charge is 0.241 e. The summed E-state index contributed by atoms with van der Waals surface area (Å²) in [4.78, 5) is 28.0. The largest absolute Gasteiger partial charge is 0.486 e. The van der Waals surface area contributed by atoms with Crippen LogP contribution >= 0.6 is 0 Å². The van der Waals surface area contributed by atoms with Crippen LogP contribution in [0, 0.1) is 0 Å². The molecule has 1 unspecified atom stereocenters. The van der Waals surface area contributed by atoms with Gasteiger partial charge in [-0.2, -0.15) is 0 Å². The Hall–Kier alpha value is -2.04. The van der Waals surface area contributed by atoms with Gasteiger partial charge in [0.1, 0.15) is 11.9 Å². The number of anilines is 1. The number of hydrogen-bond donors (Lipinski definition) is 0. The highest BCUT2D eigenvalue weighted by Gasteiger charge is 2.27. The highest BCUT2D eigenvalue weighted by Crippen LogP contribution is 2.35. The minimum atomic E-state index is 0.0155. The first-order chi connectivity index (χ1) is 11.5. The summed E-state index contributed by atoms with van der Waals surface area (Å²) in [6, 6.07) is 5.46. The molecule has 0 spiro atoms. The summed E-state index contributed by atoms with van der Waals surface area (Å²) in [6.07, 6.45) is 3.02. The Morgan fingerprint density at radius 3 is 2.71 bits per heavy atom. The summed E-state index contributed by atoms with van der Waals surface area (Å²) >= 11 is 0. The summed E-state index contributed by atoms with van der Waals surface area (Å²) in [7, 11) is 1.85. The summed E-state index contributed by atoms with van der Waals surface area (Å²) in [5, 5.41) is 0. The van der Waals surface area contributed by atoms with Gasteiger partial charge >= 0.3 is 0 Å². The van der Waals surface area contributed by atoms with E-state index in [1.807, 2.05) is 24.1 Å². The maximum atomic E-state index is 12.5. The molecule has 0 aromatic heterocycles. The molecule has 2 rings (SSSR count). The number of unbranched alkanes of at least 4 members (excludes halogenated alkanes) is 1. The Morgan fingerprint density at radius 1 is 1.33 bits per heavy atom. The quantitative estimate of drug-likeness (QED) is 0.720. The van der Waals surface area contributed by atoms with Crippen LogP contribution in [0.15, 0.2) is 18.2 Å². The Kier molecular flexibility index (Phi) is 6.23. The summed E-state index contributed by atoms with van der Waals surface area (Å²) in [5.74, 6) is 0.864. The maximum absolute atomic E-state index is 12.5. The number of likely N-dealkylation sites (N-methyl/N-ethyl adjacent to an activating group) is 1. The van der Waals surface area contributed by atoms with Crippen LogP contribution in [0.5, 0.6) is 5.75 Å². The molecule has 5 nitrogen and oxygen atoms in total. The van der Waals surface area contributed by atoms with E-state index in [2.05, 4.69) is 13.8 Å². The predicted molar refractivity (Wildman–Crippen MR) is 95.9 cm³/mol. The van der Waals surface area contributed by atoms with Crippen molar-refractivity contribution >= 4 is 17.4 Å². The van der Waals surface area contributed by atoms with E-state index in [1.165, 1.54) is 0 Å². The first-order valence-corrected chi connectivity index (χ1v) is 8.76. The van der Waals surface area contributed by atoms with E-state index >= 15 is 0 Å². The number of carbonyl (C=O) groups is 2. The molecule has 0 radical (unpaired) electrons. The molecule has 0 aliphatic carbocycles. The number of hydrogen-bond acceptors (Lipinski definition) is 4. The van der Waals surface area contributed by atoms with Gasteiger partial charge in [0.15, 0.2) is 5.78 Å². The van der Waals surface area contributed by atoms with Gasteiger partial charge in [-0.25, -0.2) is 0 Å². The highest BCUT2D eigenvalue weighted by molar-refractivity contribution is 5.96. The second-order valence-corrected chi connectivity index (χ2v) is 6.44. The molecule has 0 saturated carbocycles. The van der Waals surface area contributed by atoms with Crippen LogP contribution in [0.3, 0.4) is 0 Å². The molecule has 0 bridgehead atoms. The van der Waals surface area contributed by atoms with E-state index in [9.17, 15) is 9.59 Å². The van der Waals surface area contributed by atoms with Crippen LogP contribution < -0.4 is 9.64 Å². The highest BCUT2D eigenvalue weighted by atomic mass is 16.5. The average Bonchev–Trinajstić information content (AvgIpc) is 2.58. The topological polar surface area (TPSA) is 49.9 Å². The number of ether oxygens (including phenoxy) is 1. The van der Waals surface area contributed by atoms with E-state index < -0.39 is 0 Å². The van der Waals surface area contributed by atoms with Gasteiger partial charge in [0, 0.05) is 19.2 Å². The van der Waals surface area contributed by atoms with E-state index in [1.54, 1.807) is 17.9 Å². The molecule has 0 fully saturated rings. The fraction of sp³-hybridized carbons (Fsp3) is 0.579. The molecule has 1 atom stereocenters. The van der Waals surface area contributed by atoms with E-state index in [0.29, 0.717) is 18.7 Å². The molecule has 1 aromatic rings. The number of amides is 1. The lowest BCUT2D eigenvalue weighted by Crippen LogP contribution is -2.45. The second kappa shape index (κ2) is 8.18. The second-order valence-electron chi connectivity index (χ2n) is 6.44. The molecule has 1 heterocycles. The van der Waals surface area contributed by atoms with Crippen molar-refractivity contribution in [1.82, 2.24) is 4.90 Å². The van der Waals surface area contributed by atoms with Gasteiger partial charge in [-0.1, -0.05) is 20.3 Å². The standard InChI is InChI=1S/C19H28N2O3/c1-5-7-10-20(4)19(23)13-21-12-16(6-2)24-18-9-8-15(14(3)22)11-17(18)21/h8-9,11,16H,5-7,10,12-13H2,1-4H3. The zero-order valence-corrected chi connectivity index (χ0v) is 15.2. The zero-order valence-electron chi connectivity index (χ0n) is 15.2. The summed E-state index contributed by atoms with van der Waals surface area (Å²) in [6.45, 7) is 7.50. The molecular formula is C19H28N2O3. The Bertz CT molecular complexity index is 600. The number of carbonyl (C=O) groups excluding carboxylic acids is 2. The molecule has 5 heteroatoms. The summed E-state index contributed by atoms with van der Waals surface area (Å²) in [5.41, 5.74) is 1.48. The number of rotatable bonds is 7. The third-order valence-corrected chi connectivity index (χ3v) is 4.48. The van der Waals surface area contributed by atoms with Crippen molar-refractivity contribution < 1.29 is 14.3 Å². The maximum Gasteiger partial charge on any atom is 0.241 e. The SMILES string of the molecule is CCCCN(C)C(=O)CN1CC(CC)Oc2ccc(C(C)=O)cc21. The average molecular weight is 332 g/mol. The van der Waals surface area contributed by atoms with Gasteiger partial charge in [0.2, 0.25) is 5.91 Å². The van der Waals surface area contributed by atoms with Crippen LogP contribution in [-0.4, -0.2) is 49.4 Å². The fourth-order valence-electron chi connectivity index (χ4n) is 2.81. The van der Waals surface area contributed by atoms with Gasteiger partial charge in [-0.15, -0.1) is 0 Å². The van der Waals surface area contributed by atoms with Gasteiger partial charge in [0.05, 0.1) is 18.8 Å². The predicted octanol–water partition coefficient (Wildman–Crippen LogP) is 3.13. The van der Waals surface area contributed by atoms with Crippen LogP contribution in [-0.2, 0) is 4.79 Å². The van der Waals surface area contributed by atoms with Gasteiger partial charge in [-0.3, -0.25) is 9.59 Å².